The minimum Gasteiger partial charge on any atom is -0.466 e. The van der Waals surface area contributed by atoms with E-state index in [1.54, 1.807) is 31.2 Å². The maximum Gasteiger partial charge on any atom is 0.314 e. The van der Waals surface area contributed by atoms with Gasteiger partial charge in [0.25, 0.3) is 11.8 Å². The molecule has 1 unspecified atom stereocenters. The number of piperidine rings is 1. The van der Waals surface area contributed by atoms with Crippen molar-refractivity contribution < 1.29 is 24.0 Å². The molecule has 3 N–H and O–H groups in total. The van der Waals surface area contributed by atoms with Crippen LogP contribution in [0.1, 0.15) is 30.1 Å². The van der Waals surface area contributed by atoms with Crippen molar-refractivity contribution in [2.45, 2.75) is 19.8 Å². The van der Waals surface area contributed by atoms with E-state index in [2.05, 4.69) is 10.9 Å². The molecule has 7 heteroatoms. The lowest BCUT2D eigenvalue weighted by Crippen LogP contribution is -3.15. The largest absolute Gasteiger partial charge is 0.466 e. The first-order valence-corrected chi connectivity index (χ1v) is 8.24. The average Bonchev–Trinajstić information content (AvgIpc) is 2.61. The Kier molecular flexibility index (Phi) is 6.74. The van der Waals surface area contributed by atoms with Crippen LogP contribution in [-0.4, -0.2) is 44.0 Å². The molecule has 1 saturated heterocycles. The van der Waals surface area contributed by atoms with Crippen LogP contribution in [-0.2, 0) is 14.3 Å². The van der Waals surface area contributed by atoms with Crippen molar-refractivity contribution in [3.05, 3.63) is 35.9 Å². The van der Waals surface area contributed by atoms with Crippen LogP contribution in [0.4, 0.5) is 0 Å². The SMILES string of the molecule is CCOC(=O)[C@H]1CCC[NH+](CC(=O)NNC(=O)c2ccccc2)C1. The minimum absolute atomic E-state index is 0.152. The summed E-state index contributed by atoms with van der Waals surface area (Å²) in [7, 11) is 0. The zero-order valence-corrected chi connectivity index (χ0v) is 13.8. The lowest BCUT2D eigenvalue weighted by Gasteiger charge is -2.28. The van der Waals surface area contributed by atoms with E-state index in [1.807, 2.05) is 6.07 Å². The van der Waals surface area contributed by atoms with Gasteiger partial charge in [-0.2, -0.15) is 0 Å². The molecule has 1 fully saturated rings. The van der Waals surface area contributed by atoms with E-state index in [1.165, 1.54) is 0 Å². The van der Waals surface area contributed by atoms with Gasteiger partial charge in [-0.1, -0.05) is 18.2 Å². The van der Waals surface area contributed by atoms with E-state index in [-0.39, 0.29) is 30.2 Å². The number of esters is 1. The van der Waals surface area contributed by atoms with Gasteiger partial charge in [0.05, 0.1) is 19.7 Å². The normalized spacial score (nSPS) is 20.0. The van der Waals surface area contributed by atoms with Crippen molar-refractivity contribution in [3.8, 4) is 0 Å². The molecule has 24 heavy (non-hydrogen) atoms. The fourth-order valence-electron chi connectivity index (χ4n) is 2.83. The smallest absolute Gasteiger partial charge is 0.314 e. The van der Waals surface area contributed by atoms with Crippen LogP contribution in [0.15, 0.2) is 30.3 Å². The van der Waals surface area contributed by atoms with Gasteiger partial charge in [0, 0.05) is 5.56 Å². The number of hydrogen-bond acceptors (Lipinski definition) is 4. The van der Waals surface area contributed by atoms with E-state index in [9.17, 15) is 14.4 Å². The second kappa shape index (κ2) is 9.02. The number of nitrogens with one attached hydrogen (secondary N) is 3. The molecule has 0 spiro atoms. The highest BCUT2D eigenvalue weighted by molar-refractivity contribution is 5.95. The number of carbonyl (C=O) groups is 3. The quantitative estimate of drug-likeness (QED) is 0.491. The van der Waals surface area contributed by atoms with E-state index >= 15 is 0 Å². The summed E-state index contributed by atoms with van der Waals surface area (Å²) in [5, 5.41) is 0. The Bertz CT molecular complexity index is 576. The summed E-state index contributed by atoms with van der Waals surface area (Å²) < 4.78 is 5.05. The Hall–Kier alpha value is -2.41. The number of hydrazine groups is 1. The van der Waals surface area contributed by atoms with E-state index in [0.717, 1.165) is 24.3 Å². The lowest BCUT2D eigenvalue weighted by molar-refractivity contribution is -0.899. The molecule has 1 aliphatic rings. The topological polar surface area (TPSA) is 88.9 Å². The summed E-state index contributed by atoms with van der Waals surface area (Å²) in [6, 6.07) is 8.66. The Balaban J connectivity index is 1.75. The number of benzene rings is 1. The zero-order chi connectivity index (χ0) is 17.4. The van der Waals surface area contributed by atoms with Crippen LogP contribution in [0.2, 0.25) is 0 Å². The highest BCUT2D eigenvalue weighted by atomic mass is 16.5. The van der Waals surface area contributed by atoms with Crippen LogP contribution >= 0.6 is 0 Å². The Morgan fingerprint density at radius 1 is 1.21 bits per heavy atom. The molecule has 2 rings (SSSR count). The monoisotopic (exact) mass is 334 g/mol. The summed E-state index contributed by atoms with van der Waals surface area (Å²) in [5.74, 6) is -0.978. The van der Waals surface area contributed by atoms with Gasteiger partial charge in [-0.3, -0.25) is 25.2 Å². The first-order valence-electron chi connectivity index (χ1n) is 8.24. The number of quaternary nitrogens is 1. The van der Waals surface area contributed by atoms with Crippen molar-refractivity contribution in [3.63, 3.8) is 0 Å². The molecule has 130 valence electrons. The van der Waals surface area contributed by atoms with Crippen LogP contribution in [0.25, 0.3) is 0 Å². The molecule has 1 aliphatic heterocycles. The fourth-order valence-corrected chi connectivity index (χ4v) is 2.83. The van der Waals surface area contributed by atoms with Crippen molar-refractivity contribution in [1.82, 2.24) is 10.9 Å². The van der Waals surface area contributed by atoms with Gasteiger partial charge in [-0.05, 0) is 31.9 Å². The second-order valence-corrected chi connectivity index (χ2v) is 5.84. The van der Waals surface area contributed by atoms with Crippen molar-refractivity contribution in [2.24, 2.45) is 5.92 Å². The predicted octanol–water partition coefficient (Wildman–Crippen LogP) is -0.694. The molecule has 1 aromatic carbocycles. The van der Waals surface area contributed by atoms with Gasteiger partial charge in [-0.25, -0.2) is 0 Å². The van der Waals surface area contributed by atoms with Gasteiger partial charge < -0.3 is 9.64 Å². The van der Waals surface area contributed by atoms with Gasteiger partial charge in [-0.15, -0.1) is 0 Å². The van der Waals surface area contributed by atoms with E-state index < -0.39 is 0 Å². The highest BCUT2D eigenvalue weighted by Gasteiger charge is 2.30. The van der Waals surface area contributed by atoms with Gasteiger partial charge >= 0.3 is 5.97 Å². The number of rotatable bonds is 5. The molecule has 7 nitrogen and oxygen atoms in total. The van der Waals surface area contributed by atoms with Gasteiger partial charge in [0.15, 0.2) is 6.54 Å². The summed E-state index contributed by atoms with van der Waals surface area (Å²) in [5.41, 5.74) is 5.30. The number of carbonyl (C=O) groups excluding carboxylic acids is 3. The summed E-state index contributed by atoms with van der Waals surface area (Å²) >= 11 is 0. The van der Waals surface area contributed by atoms with E-state index in [4.69, 9.17) is 4.74 Å². The molecule has 0 bridgehead atoms. The first kappa shape index (κ1) is 17.9. The molecule has 1 heterocycles. The predicted molar refractivity (Wildman–Crippen MR) is 87.0 cm³/mol. The van der Waals surface area contributed by atoms with Crippen LogP contribution in [0.5, 0.6) is 0 Å². The summed E-state index contributed by atoms with van der Waals surface area (Å²) in [4.78, 5) is 36.7. The number of amides is 2. The molecule has 2 amide bonds. The third-order valence-corrected chi connectivity index (χ3v) is 4.00. The van der Waals surface area contributed by atoms with E-state index in [0.29, 0.717) is 18.7 Å². The zero-order valence-electron chi connectivity index (χ0n) is 13.8. The van der Waals surface area contributed by atoms with Crippen LogP contribution < -0.4 is 15.8 Å². The maximum absolute atomic E-state index is 12.0. The van der Waals surface area contributed by atoms with Crippen molar-refractivity contribution >= 4 is 17.8 Å². The molecule has 0 radical (unpaired) electrons. The molecule has 2 atom stereocenters. The number of ether oxygens (including phenoxy) is 1. The Morgan fingerprint density at radius 3 is 2.67 bits per heavy atom. The van der Waals surface area contributed by atoms with Crippen LogP contribution in [0, 0.1) is 5.92 Å². The standard InChI is InChI=1S/C17H23N3O4/c1-2-24-17(23)14-9-6-10-20(11-14)12-15(21)18-19-16(22)13-7-4-3-5-8-13/h3-5,7-8,14H,2,6,9-12H2,1H3,(H,18,21)(H,19,22)/p+1/t14-/m0/s1. The highest BCUT2D eigenvalue weighted by Crippen LogP contribution is 2.09. The Morgan fingerprint density at radius 2 is 1.96 bits per heavy atom. The van der Waals surface area contributed by atoms with Crippen molar-refractivity contribution in [2.75, 3.05) is 26.2 Å². The Labute approximate surface area is 141 Å². The molecule has 0 aliphatic carbocycles. The van der Waals surface area contributed by atoms with Gasteiger partial charge in [0.1, 0.15) is 5.92 Å². The summed E-state index contributed by atoms with van der Waals surface area (Å²) in [6.07, 6.45) is 1.68. The summed E-state index contributed by atoms with van der Waals surface area (Å²) in [6.45, 7) is 3.78. The average molecular weight is 334 g/mol. The molecular weight excluding hydrogens is 310 g/mol. The third kappa shape index (κ3) is 5.34. The fraction of sp³-hybridized carbons (Fsp3) is 0.471. The lowest BCUT2D eigenvalue weighted by atomic mass is 9.98. The second-order valence-electron chi connectivity index (χ2n) is 5.84. The maximum atomic E-state index is 12.0. The van der Waals surface area contributed by atoms with Crippen LogP contribution in [0.3, 0.4) is 0 Å². The minimum atomic E-state index is -0.359. The molecule has 1 aromatic rings. The van der Waals surface area contributed by atoms with Crippen molar-refractivity contribution in [1.29, 1.82) is 0 Å². The number of hydrogen-bond donors (Lipinski definition) is 3. The molecular formula is C17H24N3O4+. The number of likely N-dealkylation sites (tertiary alicyclic amines) is 1. The third-order valence-electron chi connectivity index (χ3n) is 4.00. The molecule has 0 saturated carbocycles. The molecule has 0 aromatic heterocycles. The first-order chi connectivity index (χ1) is 11.6. The van der Waals surface area contributed by atoms with Gasteiger partial charge in [0.2, 0.25) is 0 Å².